The van der Waals surface area contributed by atoms with E-state index in [1.165, 1.54) is 0 Å². The van der Waals surface area contributed by atoms with Gasteiger partial charge in [-0.05, 0) is 48.5 Å². The van der Waals surface area contributed by atoms with Crippen LogP contribution in [0.15, 0.2) is 48.5 Å². The molecule has 4 nitrogen and oxygen atoms in total. The number of anilines is 1. The zero-order valence-electron chi connectivity index (χ0n) is 14.2. The van der Waals surface area contributed by atoms with Gasteiger partial charge in [-0.1, -0.05) is 11.8 Å². The van der Waals surface area contributed by atoms with Crippen molar-refractivity contribution in [1.82, 2.24) is 0 Å². The van der Waals surface area contributed by atoms with E-state index >= 15 is 0 Å². The summed E-state index contributed by atoms with van der Waals surface area (Å²) in [4.78, 5) is 2.06. The van der Waals surface area contributed by atoms with Crippen LogP contribution in [0.1, 0.15) is 11.1 Å². The van der Waals surface area contributed by atoms with Crippen molar-refractivity contribution in [2.75, 3.05) is 45.4 Å². The van der Waals surface area contributed by atoms with Crippen LogP contribution in [0.4, 0.5) is 5.69 Å². The molecule has 0 aliphatic heterocycles. The molecule has 0 spiro atoms. The highest BCUT2D eigenvalue weighted by Crippen LogP contribution is 2.13. The summed E-state index contributed by atoms with van der Waals surface area (Å²) in [6, 6.07) is 15.8. The zero-order valence-corrected chi connectivity index (χ0v) is 14.2. The molecule has 2 rings (SSSR count). The summed E-state index contributed by atoms with van der Waals surface area (Å²) in [5.74, 6) is 7.09. The third kappa shape index (κ3) is 5.96. The fourth-order valence-electron chi connectivity index (χ4n) is 2.01. The van der Waals surface area contributed by atoms with Crippen molar-refractivity contribution >= 4 is 5.69 Å². The maximum atomic E-state index is 8.60. The minimum atomic E-state index is 0.0330. The second kappa shape index (κ2) is 9.61. The number of hydrogen-bond donors (Lipinski definition) is 1. The Morgan fingerprint density at radius 3 is 1.96 bits per heavy atom. The van der Waals surface area contributed by atoms with Gasteiger partial charge in [-0.25, -0.2) is 0 Å². The van der Waals surface area contributed by atoms with Crippen LogP contribution in [0.3, 0.4) is 0 Å². The van der Waals surface area contributed by atoms with Crippen molar-refractivity contribution in [3.8, 4) is 17.6 Å². The molecule has 0 aliphatic rings. The molecule has 0 amide bonds. The van der Waals surface area contributed by atoms with Gasteiger partial charge in [-0.3, -0.25) is 0 Å². The largest absolute Gasteiger partial charge is 0.491 e. The lowest BCUT2D eigenvalue weighted by Crippen LogP contribution is -2.09. The predicted octanol–water partition coefficient (Wildman–Crippen LogP) is 2.54. The number of nitrogens with zero attached hydrogens (tertiary/aromatic N) is 1. The van der Waals surface area contributed by atoms with Crippen molar-refractivity contribution in [2.45, 2.75) is 0 Å². The van der Waals surface area contributed by atoms with Gasteiger partial charge >= 0.3 is 0 Å². The molecular weight excluding hydrogens is 302 g/mol. The molecule has 0 aromatic heterocycles. The standard InChI is InChI=1S/C20H23NO3/c1-21(2)19-9-5-17(6-10-19)3-4-18-7-11-20(12-8-18)24-16-15-23-14-13-22/h5-12,22H,13-16H2,1-2H3. The molecular formula is C20H23NO3. The van der Waals surface area contributed by atoms with Crippen molar-refractivity contribution in [3.05, 3.63) is 59.7 Å². The molecule has 0 fully saturated rings. The van der Waals surface area contributed by atoms with Crippen LogP contribution in [0, 0.1) is 11.8 Å². The molecule has 0 bridgehead atoms. The molecule has 0 heterocycles. The number of aliphatic hydroxyl groups is 1. The summed E-state index contributed by atoms with van der Waals surface area (Å²) in [6.07, 6.45) is 0. The normalized spacial score (nSPS) is 9.96. The van der Waals surface area contributed by atoms with E-state index in [4.69, 9.17) is 14.6 Å². The van der Waals surface area contributed by atoms with E-state index in [-0.39, 0.29) is 6.61 Å². The van der Waals surface area contributed by atoms with Crippen LogP contribution in [-0.4, -0.2) is 45.6 Å². The average molecular weight is 325 g/mol. The van der Waals surface area contributed by atoms with Gasteiger partial charge in [0.15, 0.2) is 0 Å². The molecule has 4 heteroatoms. The van der Waals surface area contributed by atoms with Crippen LogP contribution in [0.25, 0.3) is 0 Å². The van der Waals surface area contributed by atoms with E-state index in [1.54, 1.807) is 0 Å². The molecule has 0 unspecified atom stereocenters. The quantitative estimate of drug-likeness (QED) is 0.627. The van der Waals surface area contributed by atoms with Gasteiger partial charge in [0, 0.05) is 30.9 Å². The first-order chi connectivity index (χ1) is 11.7. The van der Waals surface area contributed by atoms with E-state index in [2.05, 4.69) is 28.9 Å². The van der Waals surface area contributed by atoms with Gasteiger partial charge in [-0.2, -0.15) is 0 Å². The maximum Gasteiger partial charge on any atom is 0.119 e. The van der Waals surface area contributed by atoms with E-state index in [0.717, 1.165) is 22.6 Å². The number of hydrogen-bond acceptors (Lipinski definition) is 4. The molecule has 0 atom stereocenters. The Hall–Kier alpha value is -2.48. The highest BCUT2D eigenvalue weighted by molar-refractivity contribution is 5.51. The minimum Gasteiger partial charge on any atom is -0.491 e. The molecule has 0 radical (unpaired) electrons. The fourth-order valence-corrected chi connectivity index (χ4v) is 2.01. The van der Waals surface area contributed by atoms with Crippen LogP contribution in [0.5, 0.6) is 5.75 Å². The number of benzene rings is 2. The van der Waals surface area contributed by atoms with Crippen molar-refractivity contribution in [1.29, 1.82) is 0 Å². The van der Waals surface area contributed by atoms with Crippen LogP contribution in [0.2, 0.25) is 0 Å². The first-order valence-corrected chi connectivity index (χ1v) is 7.90. The predicted molar refractivity (Wildman–Crippen MR) is 96.6 cm³/mol. The summed E-state index contributed by atoms with van der Waals surface area (Å²) in [5.41, 5.74) is 3.09. The number of aliphatic hydroxyl groups excluding tert-OH is 1. The molecule has 0 saturated heterocycles. The smallest absolute Gasteiger partial charge is 0.119 e. The lowest BCUT2D eigenvalue weighted by Gasteiger charge is -2.11. The Bertz CT molecular complexity index is 667. The SMILES string of the molecule is CN(C)c1ccc(C#Cc2ccc(OCCOCCO)cc2)cc1. The fraction of sp³-hybridized carbons (Fsp3) is 0.300. The Labute approximate surface area is 143 Å². The second-order valence-corrected chi connectivity index (χ2v) is 5.40. The topological polar surface area (TPSA) is 41.9 Å². The van der Waals surface area contributed by atoms with Gasteiger partial charge in [0.1, 0.15) is 12.4 Å². The monoisotopic (exact) mass is 325 g/mol. The third-order valence-electron chi connectivity index (χ3n) is 3.32. The lowest BCUT2D eigenvalue weighted by molar-refractivity contribution is 0.0705. The van der Waals surface area contributed by atoms with Gasteiger partial charge in [-0.15, -0.1) is 0 Å². The average Bonchev–Trinajstić information content (AvgIpc) is 2.61. The van der Waals surface area contributed by atoms with Crippen LogP contribution in [-0.2, 0) is 4.74 Å². The van der Waals surface area contributed by atoms with Gasteiger partial charge in [0.05, 0.1) is 19.8 Å². The third-order valence-corrected chi connectivity index (χ3v) is 3.32. The summed E-state index contributed by atoms with van der Waals surface area (Å²) in [7, 11) is 4.03. The lowest BCUT2D eigenvalue weighted by atomic mass is 10.1. The molecule has 0 saturated carbocycles. The minimum absolute atomic E-state index is 0.0330. The Balaban J connectivity index is 1.87. The first-order valence-electron chi connectivity index (χ1n) is 7.90. The van der Waals surface area contributed by atoms with E-state index in [9.17, 15) is 0 Å². The van der Waals surface area contributed by atoms with E-state index in [0.29, 0.717) is 19.8 Å². The summed E-state index contributed by atoms with van der Waals surface area (Å²) in [5, 5.41) is 8.60. The van der Waals surface area contributed by atoms with Crippen LogP contribution < -0.4 is 9.64 Å². The molecule has 2 aromatic rings. The highest BCUT2D eigenvalue weighted by atomic mass is 16.5. The molecule has 24 heavy (non-hydrogen) atoms. The maximum absolute atomic E-state index is 8.60. The summed E-state index contributed by atoms with van der Waals surface area (Å²) in [6.45, 7) is 1.30. The first kappa shape index (κ1) is 17.9. The molecule has 1 N–H and O–H groups in total. The molecule has 126 valence electrons. The highest BCUT2D eigenvalue weighted by Gasteiger charge is 1.95. The number of rotatable bonds is 7. The Kier molecular flexibility index (Phi) is 7.16. The van der Waals surface area contributed by atoms with Gasteiger partial charge < -0.3 is 19.5 Å². The van der Waals surface area contributed by atoms with Crippen molar-refractivity contribution in [2.24, 2.45) is 0 Å². The van der Waals surface area contributed by atoms with Crippen molar-refractivity contribution < 1.29 is 14.6 Å². The number of ether oxygens (including phenoxy) is 2. The van der Waals surface area contributed by atoms with Crippen LogP contribution >= 0.6 is 0 Å². The van der Waals surface area contributed by atoms with Gasteiger partial charge in [0.2, 0.25) is 0 Å². The van der Waals surface area contributed by atoms with Gasteiger partial charge in [0.25, 0.3) is 0 Å². The molecule has 2 aromatic carbocycles. The van der Waals surface area contributed by atoms with E-state index in [1.807, 2.05) is 50.5 Å². The Morgan fingerprint density at radius 1 is 0.833 bits per heavy atom. The van der Waals surface area contributed by atoms with Crippen molar-refractivity contribution in [3.63, 3.8) is 0 Å². The summed E-state index contributed by atoms with van der Waals surface area (Å²) >= 11 is 0. The zero-order chi connectivity index (χ0) is 17.2. The summed E-state index contributed by atoms with van der Waals surface area (Å²) < 4.78 is 10.7. The van der Waals surface area contributed by atoms with E-state index < -0.39 is 0 Å². The second-order valence-electron chi connectivity index (χ2n) is 5.40. The molecule has 0 aliphatic carbocycles. The Morgan fingerprint density at radius 2 is 1.42 bits per heavy atom.